The summed E-state index contributed by atoms with van der Waals surface area (Å²) in [4.78, 5) is 2.39. The van der Waals surface area contributed by atoms with Gasteiger partial charge >= 0.3 is 0 Å². The molecule has 4 heteroatoms. The highest BCUT2D eigenvalue weighted by Gasteiger charge is 2.35. The Hall–Kier alpha value is -0.160. The second-order valence-corrected chi connectivity index (χ2v) is 6.37. The monoisotopic (exact) mass is 260 g/mol. The molecule has 2 N–H and O–H groups in total. The number of nitrogens with zero attached hydrogens (tertiary/aromatic N) is 1. The molecule has 18 heavy (non-hydrogen) atoms. The molecule has 0 bridgehead atoms. The second kappa shape index (κ2) is 7.43. The highest BCUT2D eigenvalue weighted by molar-refractivity contribution is 4.93. The number of nitrogens with two attached hydrogens (primary N) is 1. The summed E-state index contributed by atoms with van der Waals surface area (Å²) >= 11 is 0. The first-order valence-electron chi connectivity index (χ1n) is 6.66. The fourth-order valence-corrected chi connectivity index (χ4v) is 1.72. The van der Waals surface area contributed by atoms with Crippen molar-refractivity contribution < 1.29 is 9.47 Å². The van der Waals surface area contributed by atoms with Gasteiger partial charge in [-0.2, -0.15) is 0 Å². The Labute approximate surface area is 113 Å². The molecule has 0 aromatic carbocycles. The zero-order valence-corrected chi connectivity index (χ0v) is 13.2. The van der Waals surface area contributed by atoms with Crippen molar-refractivity contribution in [3.8, 4) is 0 Å². The van der Waals surface area contributed by atoms with Crippen molar-refractivity contribution in [2.24, 2.45) is 11.1 Å². The Balaban J connectivity index is 4.66. The van der Waals surface area contributed by atoms with Crippen LogP contribution in [0.5, 0.6) is 0 Å². The summed E-state index contributed by atoms with van der Waals surface area (Å²) in [5.41, 5.74) is 6.09. The molecule has 0 saturated carbocycles. The van der Waals surface area contributed by atoms with Crippen molar-refractivity contribution in [3.63, 3.8) is 0 Å². The first-order chi connectivity index (χ1) is 8.15. The molecule has 0 fully saturated rings. The summed E-state index contributed by atoms with van der Waals surface area (Å²) in [6.45, 7) is 14.1. The number of rotatable bonds is 9. The van der Waals surface area contributed by atoms with E-state index in [0.29, 0.717) is 6.04 Å². The molecule has 0 aromatic rings. The van der Waals surface area contributed by atoms with Crippen molar-refractivity contribution in [1.29, 1.82) is 0 Å². The molecule has 0 rings (SSSR count). The molecule has 0 spiro atoms. The van der Waals surface area contributed by atoms with E-state index in [1.807, 2.05) is 0 Å². The van der Waals surface area contributed by atoms with E-state index in [1.165, 1.54) is 0 Å². The molecule has 0 aromatic heterocycles. The molecule has 1 atom stereocenters. The number of hydrogen-bond acceptors (Lipinski definition) is 4. The van der Waals surface area contributed by atoms with Gasteiger partial charge in [-0.15, -0.1) is 0 Å². The van der Waals surface area contributed by atoms with Crippen LogP contribution < -0.4 is 5.73 Å². The van der Waals surface area contributed by atoms with E-state index in [4.69, 9.17) is 15.2 Å². The van der Waals surface area contributed by atoms with Crippen LogP contribution in [0, 0.1) is 5.41 Å². The van der Waals surface area contributed by atoms with Crippen LogP contribution >= 0.6 is 0 Å². The normalized spacial score (nSPS) is 15.2. The molecule has 110 valence electrons. The summed E-state index contributed by atoms with van der Waals surface area (Å²) in [5.74, 6) is 0. The standard InChI is InChI=1S/C14H32N2O2/c1-12(10-18-7)16(8-9-17-6)11-13(2,3)14(4,5)15/h12H,8-11,15H2,1-7H3. The van der Waals surface area contributed by atoms with Crippen molar-refractivity contribution >= 4 is 0 Å². The van der Waals surface area contributed by atoms with Crippen LogP contribution in [0.15, 0.2) is 0 Å². The van der Waals surface area contributed by atoms with Gasteiger partial charge in [0.15, 0.2) is 0 Å². The third kappa shape index (κ3) is 5.65. The maximum atomic E-state index is 6.28. The third-order valence-electron chi connectivity index (χ3n) is 3.96. The Morgan fingerprint density at radius 1 is 1.11 bits per heavy atom. The van der Waals surface area contributed by atoms with Crippen molar-refractivity contribution in [3.05, 3.63) is 0 Å². The number of hydrogen-bond donors (Lipinski definition) is 1. The van der Waals surface area contributed by atoms with E-state index in [0.717, 1.165) is 26.3 Å². The molecule has 0 saturated heterocycles. The van der Waals surface area contributed by atoms with E-state index in [-0.39, 0.29) is 11.0 Å². The Morgan fingerprint density at radius 2 is 1.67 bits per heavy atom. The van der Waals surface area contributed by atoms with Gasteiger partial charge in [-0.1, -0.05) is 13.8 Å². The van der Waals surface area contributed by atoms with Gasteiger partial charge in [0.1, 0.15) is 0 Å². The highest BCUT2D eigenvalue weighted by atomic mass is 16.5. The summed E-state index contributed by atoms with van der Waals surface area (Å²) in [6, 6.07) is 0.367. The molecule has 1 unspecified atom stereocenters. The highest BCUT2D eigenvalue weighted by Crippen LogP contribution is 2.29. The van der Waals surface area contributed by atoms with E-state index in [1.54, 1.807) is 14.2 Å². The predicted molar refractivity (Wildman–Crippen MR) is 76.8 cm³/mol. The zero-order valence-electron chi connectivity index (χ0n) is 13.2. The summed E-state index contributed by atoms with van der Waals surface area (Å²) in [5, 5.41) is 0. The van der Waals surface area contributed by atoms with E-state index in [9.17, 15) is 0 Å². The van der Waals surface area contributed by atoms with Gasteiger partial charge in [-0.25, -0.2) is 0 Å². The van der Waals surface area contributed by atoms with Crippen LogP contribution in [0.3, 0.4) is 0 Å². The second-order valence-electron chi connectivity index (χ2n) is 6.37. The first-order valence-corrected chi connectivity index (χ1v) is 6.66. The summed E-state index contributed by atoms with van der Waals surface area (Å²) in [7, 11) is 3.47. The van der Waals surface area contributed by atoms with Crippen molar-refractivity contribution in [1.82, 2.24) is 4.90 Å². The smallest absolute Gasteiger partial charge is 0.0615 e. The average molecular weight is 260 g/mol. The lowest BCUT2D eigenvalue weighted by Gasteiger charge is -2.43. The number of ether oxygens (including phenoxy) is 2. The Kier molecular flexibility index (Phi) is 7.37. The minimum absolute atomic E-state index is 0.0305. The van der Waals surface area contributed by atoms with Crippen LogP contribution in [0.2, 0.25) is 0 Å². The number of methoxy groups -OCH3 is 2. The van der Waals surface area contributed by atoms with Crippen LogP contribution in [-0.4, -0.2) is 57.0 Å². The van der Waals surface area contributed by atoms with E-state index >= 15 is 0 Å². The van der Waals surface area contributed by atoms with E-state index in [2.05, 4.69) is 39.5 Å². The largest absolute Gasteiger partial charge is 0.383 e. The molecule has 0 amide bonds. The molecule has 0 aliphatic heterocycles. The van der Waals surface area contributed by atoms with Crippen LogP contribution in [-0.2, 0) is 9.47 Å². The predicted octanol–water partition coefficient (Wildman–Crippen LogP) is 1.73. The van der Waals surface area contributed by atoms with Gasteiger partial charge in [0.05, 0.1) is 13.2 Å². The molecule has 0 heterocycles. The molecular formula is C14H32N2O2. The van der Waals surface area contributed by atoms with Gasteiger partial charge in [-0.3, -0.25) is 4.90 Å². The van der Waals surface area contributed by atoms with Crippen LogP contribution in [0.4, 0.5) is 0 Å². The van der Waals surface area contributed by atoms with Crippen LogP contribution in [0.25, 0.3) is 0 Å². The van der Waals surface area contributed by atoms with E-state index < -0.39 is 0 Å². The first kappa shape index (κ1) is 17.8. The zero-order chi connectivity index (χ0) is 14.4. The molecule has 0 radical (unpaired) electrons. The topological polar surface area (TPSA) is 47.7 Å². The van der Waals surface area contributed by atoms with Gasteiger partial charge < -0.3 is 15.2 Å². The summed E-state index contributed by atoms with van der Waals surface area (Å²) in [6.07, 6.45) is 0. The van der Waals surface area contributed by atoms with Crippen molar-refractivity contribution in [2.75, 3.05) is 40.5 Å². The Morgan fingerprint density at radius 3 is 2.06 bits per heavy atom. The summed E-state index contributed by atoms with van der Waals surface area (Å²) < 4.78 is 10.4. The molecule has 0 aliphatic rings. The molecular weight excluding hydrogens is 228 g/mol. The molecule has 4 nitrogen and oxygen atoms in total. The van der Waals surface area contributed by atoms with Gasteiger partial charge in [-0.05, 0) is 26.2 Å². The lowest BCUT2D eigenvalue weighted by atomic mass is 9.74. The van der Waals surface area contributed by atoms with Crippen molar-refractivity contribution in [2.45, 2.75) is 46.2 Å². The fourth-order valence-electron chi connectivity index (χ4n) is 1.72. The minimum atomic E-state index is -0.217. The third-order valence-corrected chi connectivity index (χ3v) is 3.96. The molecule has 0 aliphatic carbocycles. The van der Waals surface area contributed by atoms with Crippen LogP contribution in [0.1, 0.15) is 34.6 Å². The Bertz CT molecular complexity index is 224. The minimum Gasteiger partial charge on any atom is -0.383 e. The SMILES string of the molecule is COCCN(CC(C)(C)C(C)(C)N)C(C)COC. The average Bonchev–Trinajstić information content (AvgIpc) is 2.22. The quantitative estimate of drug-likeness (QED) is 0.686. The lowest BCUT2D eigenvalue weighted by Crippen LogP contribution is -2.55. The maximum Gasteiger partial charge on any atom is 0.0615 e. The van der Waals surface area contributed by atoms with Gasteiger partial charge in [0, 0.05) is 38.9 Å². The van der Waals surface area contributed by atoms with Gasteiger partial charge in [0.25, 0.3) is 0 Å². The van der Waals surface area contributed by atoms with Gasteiger partial charge in [0.2, 0.25) is 0 Å². The lowest BCUT2D eigenvalue weighted by molar-refractivity contribution is 0.0332. The maximum absolute atomic E-state index is 6.28. The fraction of sp³-hybridized carbons (Fsp3) is 1.00.